The Hall–Kier alpha value is -3.18. The Labute approximate surface area is 181 Å². The summed E-state index contributed by atoms with van der Waals surface area (Å²) in [6.07, 6.45) is 0.846. The summed E-state index contributed by atoms with van der Waals surface area (Å²) in [6.45, 7) is 4.11. The van der Waals surface area contributed by atoms with E-state index in [2.05, 4.69) is 10.3 Å². The standard InChI is InChI=1S/C24H23ClN2O3/c1-3-30-23(28)11-10-17-6-4-7-20(14-17)26-24(29)22-9-5-8-21(27-22)18-12-16(2)13-19(25)15-18/h4-9,12-15H,3,10-11H2,1-2H3,(H,26,29). The highest BCUT2D eigenvalue weighted by atomic mass is 35.5. The summed E-state index contributed by atoms with van der Waals surface area (Å²) in [7, 11) is 0. The predicted molar refractivity (Wildman–Crippen MR) is 119 cm³/mol. The van der Waals surface area contributed by atoms with Crippen molar-refractivity contribution in [3.05, 3.63) is 82.5 Å². The van der Waals surface area contributed by atoms with E-state index in [1.54, 1.807) is 25.1 Å². The number of hydrogen-bond donors (Lipinski definition) is 1. The van der Waals surface area contributed by atoms with Crippen molar-refractivity contribution in [3.63, 3.8) is 0 Å². The topological polar surface area (TPSA) is 68.3 Å². The van der Waals surface area contributed by atoms with Crippen molar-refractivity contribution in [2.45, 2.75) is 26.7 Å². The molecule has 3 aromatic rings. The smallest absolute Gasteiger partial charge is 0.306 e. The first-order chi connectivity index (χ1) is 14.4. The minimum atomic E-state index is -0.307. The van der Waals surface area contributed by atoms with Crippen molar-refractivity contribution in [3.8, 4) is 11.3 Å². The fraction of sp³-hybridized carbons (Fsp3) is 0.208. The fourth-order valence-electron chi connectivity index (χ4n) is 3.09. The molecule has 0 saturated carbocycles. The molecule has 2 aromatic carbocycles. The van der Waals surface area contributed by atoms with Crippen molar-refractivity contribution in [2.24, 2.45) is 0 Å². The molecule has 0 spiro atoms. The van der Waals surface area contributed by atoms with Crippen LogP contribution in [0.3, 0.4) is 0 Å². The molecule has 0 bridgehead atoms. The van der Waals surface area contributed by atoms with Crippen LogP contribution in [0.15, 0.2) is 60.7 Å². The molecule has 1 aromatic heterocycles. The highest BCUT2D eigenvalue weighted by molar-refractivity contribution is 6.30. The summed E-state index contributed by atoms with van der Waals surface area (Å²) in [5, 5.41) is 3.50. The van der Waals surface area contributed by atoms with E-state index in [1.165, 1.54) is 0 Å². The van der Waals surface area contributed by atoms with Crippen LogP contribution in [0.25, 0.3) is 11.3 Å². The number of aryl methyl sites for hydroxylation is 2. The third-order valence-corrected chi connectivity index (χ3v) is 4.65. The van der Waals surface area contributed by atoms with E-state index in [0.29, 0.717) is 41.5 Å². The zero-order chi connectivity index (χ0) is 21.5. The van der Waals surface area contributed by atoms with Gasteiger partial charge in [-0.05, 0) is 73.9 Å². The Kier molecular flexibility index (Phi) is 7.20. The number of carbonyl (C=O) groups is 2. The minimum absolute atomic E-state index is 0.232. The van der Waals surface area contributed by atoms with Gasteiger partial charge in [0.15, 0.2) is 0 Å². The molecule has 154 valence electrons. The van der Waals surface area contributed by atoms with Crippen LogP contribution in [0.1, 0.15) is 35.0 Å². The third-order valence-electron chi connectivity index (χ3n) is 4.43. The Bertz CT molecular complexity index is 1050. The lowest BCUT2D eigenvalue weighted by Crippen LogP contribution is -2.14. The second-order valence-corrected chi connectivity index (χ2v) is 7.32. The Morgan fingerprint density at radius 1 is 1.07 bits per heavy atom. The van der Waals surface area contributed by atoms with Crippen LogP contribution in [0, 0.1) is 6.92 Å². The molecule has 5 nitrogen and oxygen atoms in total. The second kappa shape index (κ2) is 10.0. The van der Waals surface area contributed by atoms with Crippen molar-refractivity contribution in [2.75, 3.05) is 11.9 Å². The summed E-state index contributed by atoms with van der Waals surface area (Å²) in [6, 6.07) is 18.4. The maximum Gasteiger partial charge on any atom is 0.306 e. The number of hydrogen-bond acceptors (Lipinski definition) is 4. The van der Waals surface area contributed by atoms with Crippen LogP contribution in [0.5, 0.6) is 0 Å². The van der Waals surface area contributed by atoms with E-state index in [4.69, 9.17) is 16.3 Å². The molecule has 0 saturated heterocycles. The van der Waals surface area contributed by atoms with Gasteiger partial charge < -0.3 is 10.1 Å². The highest BCUT2D eigenvalue weighted by Crippen LogP contribution is 2.23. The van der Waals surface area contributed by atoms with E-state index in [9.17, 15) is 9.59 Å². The van der Waals surface area contributed by atoms with Crippen LogP contribution >= 0.6 is 11.6 Å². The van der Waals surface area contributed by atoms with Crippen LogP contribution in [-0.2, 0) is 16.0 Å². The average molecular weight is 423 g/mol. The molecule has 1 amide bonds. The van der Waals surface area contributed by atoms with Gasteiger partial charge in [0.1, 0.15) is 5.69 Å². The molecule has 0 unspecified atom stereocenters. The van der Waals surface area contributed by atoms with Gasteiger partial charge in [0.05, 0.1) is 12.3 Å². The Morgan fingerprint density at radius 3 is 2.63 bits per heavy atom. The third kappa shape index (κ3) is 5.91. The van der Waals surface area contributed by atoms with Gasteiger partial charge in [0, 0.05) is 22.7 Å². The minimum Gasteiger partial charge on any atom is -0.466 e. The molecule has 1 N–H and O–H groups in total. The van der Waals surface area contributed by atoms with E-state index in [-0.39, 0.29) is 11.9 Å². The van der Waals surface area contributed by atoms with Gasteiger partial charge in [-0.25, -0.2) is 4.98 Å². The quantitative estimate of drug-likeness (QED) is 0.513. The largest absolute Gasteiger partial charge is 0.466 e. The molecule has 0 aliphatic carbocycles. The second-order valence-electron chi connectivity index (χ2n) is 6.88. The number of pyridine rings is 1. The molecule has 3 rings (SSSR count). The van der Waals surface area contributed by atoms with Gasteiger partial charge in [0.2, 0.25) is 0 Å². The van der Waals surface area contributed by atoms with Gasteiger partial charge >= 0.3 is 5.97 Å². The first kappa shape index (κ1) is 21.5. The first-order valence-corrected chi connectivity index (χ1v) is 10.1. The van der Waals surface area contributed by atoms with Gasteiger partial charge in [-0.1, -0.05) is 29.8 Å². The summed E-state index contributed by atoms with van der Waals surface area (Å²) >= 11 is 6.15. The molecule has 0 atom stereocenters. The van der Waals surface area contributed by atoms with E-state index >= 15 is 0 Å². The number of aromatic nitrogens is 1. The maximum atomic E-state index is 12.7. The zero-order valence-electron chi connectivity index (χ0n) is 16.9. The molecule has 0 aliphatic heterocycles. The summed E-state index contributed by atoms with van der Waals surface area (Å²) in [4.78, 5) is 28.8. The van der Waals surface area contributed by atoms with Gasteiger partial charge in [-0.2, -0.15) is 0 Å². The maximum absolute atomic E-state index is 12.7. The number of rotatable bonds is 7. The predicted octanol–water partition coefficient (Wildman–Crippen LogP) is 5.46. The number of nitrogens with one attached hydrogen (secondary N) is 1. The molecule has 0 aliphatic rings. The van der Waals surface area contributed by atoms with Gasteiger partial charge in [-0.15, -0.1) is 0 Å². The average Bonchev–Trinajstić information content (AvgIpc) is 2.72. The lowest BCUT2D eigenvalue weighted by atomic mass is 10.1. The number of benzene rings is 2. The number of carbonyl (C=O) groups excluding carboxylic acids is 2. The zero-order valence-corrected chi connectivity index (χ0v) is 17.7. The molecule has 0 radical (unpaired) electrons. The molecular weight excluding hydrogens is 400 g/mol. The van der Waals surface area contributed by atoms with E-state index in [1.807, 2.05) is 49.4 Å². The number of amides is 1. The van der Waals surface area contributed by atoms with E-state index in [0.717, 1.165) is 16.7 Å². The van der Waals surface area contributed by atoms with Crippen LogP contribution in [-0.4, -0.2) is 23.5 Å². The number of nitrogens with zero attached hydrogens (tertiary/aromatic N) is 1. The van der Waals surface area contributed by atoms with Crippen molar-refractivity contribution >= 4 is 29.2 Å². The lowest BCUT2D eigenvalue weighted by molar-refractivity contribution is -0.143. The van der Waals surface area contributed by atoms with Crippen LogP contribution in [0.4, 0.5) is 5.69 Å². The number of halogens is 1. The lowest BCUT2D eigenvalue weighted by Gasteiger charge is -2.09. The van der Waals surface area contributed by atoms with Crippen molar-refractivity contribution < 1.29 is 14.3 Å². The SMILES string of the molecule is CCOC(=O)CCc1cccc(NC(=O)c2cccc(-c3cc(C)cc(Cl)c3)n2)c1. The Balaban J connectivity index is 1.72. The van der Waals surface area contributed by atoms with Crippen LogP contribution < -0.4 is 5.32 Å². The molecule has 0 fully saturated rings. The monoisotopic (exact) mass is 422 g/mol. The fourth-order valence-corrected chi connectivity index (χ4v) is 3.38. The normalized spacial score (nSPS) is 10.5. The van der Waals surface area contributed by atoms with Crippen molar-refractivity contribution in [1.29, 1.82) is 0 Å². The molecule has 6 heteroatoms. The number of ether oxygens (including phenoxy) is 1. The first-order valence-electron chi connectivity index (χ1n) is 9.75. The summed E-state index contributed by atoms with van der Waals surface area (Å²) in [5.74, 6) is -0.539. The van der Waals surface area contributed by atoms with E-state index < -0.39 is 0 Å². The number of esters is 1. The molecule has 1 heterocycles. The summed E-state index contributed by atoms with van der Waals surface area (Å²) in [5.41, 5.74) is 4.45. The van der Waals surface area contributed by atoms with Gasteiger partial charge in [0.25, 0.3) is 5.91 Å². The van der Waals surface area contributed by atoms with Crippen molar-refractivity contribution in [1.82, 2.24) is 4.98 Å². The van der Waals surface area contributed by atoms with Gasteiger partial charge in [-0.3, -0.25) is 9.59 Å². The molecule has 30 heavy (non-hydrogen) atoms. The molecular formula is C24H23ClN2O3. The Morgan fingerprint density at radius 2 is 1.87 bits per heavy atom. The van der Waals surface area contributed by atoms with Crippen LogP contribution in [0.2, 0.25) is 5.02 Å². The summed E-state index contributed by atoms with van der Waals surface area (Å²) < 4.78 is 4.95. The highest BCUT2D eigenvalue weighted by Gasteiger charge is 2.11. The number of anilines is 1.